The van der Waals surface area contributed by atoms with Gasteiger partial charge in [-0.1, -0.05) is 54.6 Å². The summed E-state index contributed by atoms with van der Waals surface area (Å²) in [5.74, 6) is 0. The molecule has 3 heteroatoms. The maximum atomic E-state index is 6.28. The lowest BCUT2D eigenvalue weighted by Crippen LogP contribution is -1.93. The first-order chi connectivity index (χ1) is 16.4. The zero-order valence-electron chi connectivity index (χ0n) is 17.6. The average molecular weight is 423 g/mol. The van der Waals surface area contributed by atoms with E-state index >= 15 is 0 Å². The molecule has 0 aliphatic rings. The number of para-hydroxylation sites is 3. The number of hydrogen-bond donors (Lipinski definition) is 0. The van der Waals surface area contributed by atoms with Crippen LogP contribution in [0.4, 0.5) is 0 Å². The quantitative estimate of drug-likeness (QED) is 0.265. The molecule has 3 nitrogen and oxygen atoms in total. The van der Waals surface area contributed by atoms with Gasteiger partial charge in [0.15, 0.2) is 0 Å². The zero-order valence-corrected chi connectivity index (χ0v) is 17.6. The SMILES string of the molecule is c1ccc2c(c1)oc1ccc3oc4ccc(-n5c6ccccc6c6ccccc65)cc4c3c12. The number of rotatable bonds is 1. The summed E-state index contributed by atoms with van der Waals surface area (Å²) in [5, 5.41) is 6.95. The molecule has 0 aliphatic carbocycles. The molecule has 0 aliphatic heterocycles. The van der Waals surface area contributed by atoms with Crippen molar-refractivity contribution in [3.05, 3.63) is 103 Å². The van der Waals surface area contributed by atoms with Crippen molar-refractivity contribution in [3.63, 3.8) is 0 Å². The molecule has 8 rings (SSSR count). The summed E-state index contributed by atoms with van der Waals surface area (Å²) in [4.78, 5) is 0. The van der Waals surface area contributed by atoms with Crippen LogP contribution in [0.15, 0.2) is 112 Å². The van der Waals surface area contributed by atoms with Crippen molar-refractivity contribution in [1.29, 1.82) is 0 Å². The van der Waals surface area contributed by atoms with Gasteiger partial charge in [-0.2, -0.15) is 0 Å². The van der Waals surface area contributed by atoms with Crippen molar-refractivity contribution in [3.8, 4) is 5.69 Å². The molecule has 33 heavy (non-hydrogen) atoms. The van der Waals surface area contributed by atoms with E-state index in [2.05, 4.69) is 83.4 Å². The van der Waals surface area contributed by atoms with Crippen LogP contribution < -0.4 is 0 Å². The van der Waals surface area contributed by atoms with Gasteiger partial charge < -0.3 is 13.4 Å². The Bertz CT molecular complexity index is 1980. The van der Waals surface area contributed by atoms with Crippen LogP contribution in [-0.4, -0.2) is 4.57 Å². The Morgan fingerprint density at radius 2 is 0.939 bits per heavy atom. The molecule has 0 fully saturated rings. The number of hydrogen-bond acceptors (Lipinski definition) is 2. The Labute approximate surface area is 188 Å². The summed E-state index contributed by atoms with van der Waals surface area (Å²) < 4.78 is 14.8. The van der Waals surface area contributed by atoms with Gasteiger partial charge >= 0.3 is 0 Å². The van der Waals surface area contributed by atoms with Gasteiger partial charge in [0.25, 0.3) is 0 Å². The largest absolute Gasteiger partial charge is 0.456 e. The van der Waals surface area contributed by atoms with Crippen LogP contribution >= 0.6 is 0 Å². The van der Waals surface area contributed by atoms with Crippen molar-refractivity contribution < 1.29 is 8.83 Å². The number of aromatic nitrogens is 1. The molecule has 0 bridgehead atoms. The molecule has 0 atom stereocenters. The minimum atomic E-state index is 0.878. The molecular formula is C30H17NO2. The molecule has 0 amide bonds. The molecule has 0 unspecified atom stereocenters. The van der Waals surface area contributed by atoms with Gasteiger partial charge in [0.05, 0.1) is 11.0 Å². The van der Waals surface area contributed by atoms with E-state index in [1.54, 1.807) is 0 Å². The van der Waals surface area contributed by atoms with Crippen LogP contribution in [0, 0.1) is 0 Å². The highest BCUT2D eigenvalue weighted by Crippen LogP contribution is 2.41. The van der Waals surface area contributed by atoms with Gasteiger partial charge in [0.2, 0.25) is 0 Å². The second-order valence-corrected chi connectivity index (χ2v) is 8.56. The fourth-order valence-corrected chi connectivity index (χ4v) is 5.41. The highest BCUT2D eigenvalue weighted by atomic mass is 16.3. The Morgan fingerprint density at radius 3 is 1.64 bits per heavy atom. The van der Waals surface area contributed by atoms with E-state index in [4.69, 9.17) is 8.83 Å². The third kappa shape index (κ3) is 2.18. The van der Waals surface area contributed by atoms with E-state index in [-0.39, 0.29) is 0 Å². The molecule has 8 aromatic rings. The van der Waals surface area contributed by atoms with Crippen molar-refractivity contribution in [1.82, 2.24) is 4.57 Å². The molecule has 0 radical (unpaired) electrons. The minimum Gasteiger partial charge on any atom is -0.456 e. The molecule has 0 saturated heterocycles. The van der Waals surface area contributed by atoms with E-state index in [1.165, 1.54) is 21.8 Å². The smallest absolute Gasteiger partial charge is 0.136 e. The van der Waals surface area contributed by atoms with Gasteiger partial charge in [0.1, 0.15) is 22.3 Å². The van der Waals surface area contributed by atoms with Crippen LogP contribution in [0.25, 0.3) is 71.4 Å². The monoisotopic (exact) mass is 423 g/mol. The Hall–Kier alpha value is -4.50. The van der Waals surface area contributed by atoms with Gasteiger partial charge in [-0.15, -0.1) is 0 Å². The van der Waals surface area contributed by atoms with E-state index < -0.39 is 0 Å². The summed E-state index contributed by atoms with van der Waals surface area (Å²) in [6.45, 7) is 0. The lowest BCUT2D eigenvalue weighted by molar-refractivity contribution is 0.663. The predicted molar refractivity (Wildman–Crippen MR) is 135 cm³/mol. The zero-order chi connectivity index (χ0) is 21.5. The lowest BCUT2D eigenvalue weighted by Gasteiger charge is -2.08. The van der Waals surface area contributed by atoms with Crippen molar-refractivity contribution in [2.45, 2.75) is 0 Å². The van der Waals surface area contributed by atoms with Crippen molar-refractivity contribution >= 4 is 65.7 Å². The fourth-order valence-electron chi connectivity index (χ4n) is 5.41. The lowest BCUT2D eigenvalue weighted by atomic mass is 10.0. The Morgan fingerprint density at radius 1 is 0.424 bits per heavy atom. The first kappa shape index (κ1) is 17.1. The van der Waals surface area contributed by atoms with Gasteiger partial charge in [0, 0.05) is 38.0 Å². The molecule has 3 heterocycles. The first-order valence-corrected chi connectivity index (χ1v) is 11.1. The van der Waals surface area contributed by atoms with E-state index in [0.29, 0.717) is 0 Å². The van der Waals surface area contributed by atoms with Crippen LogP contribution in [-0.2, 0) is 0 Å². The molecule has 0 N–H and O–H groups in total. The van der Waals surface area contributed by atoms with E-state index in [9.17, 15) is 0 Å². The third-order valence-corrected chi connectivity index (χ3v) is 6.80. The fraction of sp³-hybridized carbons (Fsp3) is 0. The molecule has 3 aromatic heterocycles. The van der Waals surface area contributed by atoms with Crippen molar-refractivity contribution in [2.24, 2.45) is 0 Å². The standard InChI is InChI=1S/C30H17NO2/c1-4-10-23-19(7-1)20-8-2-5-11-24(20)31(23)18-13-14-26-22(17-18)30-28(33-26)16-15-27-29(30)21-9-3-6-12-25(21)32-27/h1-17H. The number of fused-ring (bicyclic) bond motifs is 10. The van der Waals surface area contributed by atoms with Crippen LogP contribution in [0.3, 0.4) is 0 Å². The second kappa shape index (κ2) is 6.05. The van der Waals surface area contributed by atoms with E-state index in [1.807, 2.05) is 24.3 Å². The van der Waals surface area contributed by atoms with Gasteiger partial charge in [-0.25, -0.2) is 0 Å². The topological polar surface area (TPSA) is 31.2 Å². The maximum Gasteiger partial charge on any atom is 0.136 e. The van der Waals surface area contributed by atoms with Crippen LogP contribution in [0.1, 0.15) is 0 Å². The summed E-state index contributed by atoms with van der Waals surface area (Å²) in [7, 11) is 0. The second-order valence-electron chi connectivity index (χ2n) is 8.56. The normalized spacial score (nSPS) is 12.2. The molecule has 154 valence electrons. The third-order valence-electron chi connectivity index (χ3n) is 6.80. The Kier molecular flexibility index (Phi) is 3.14. The summed E-state index contributed by atoms with van der Waals surface area (Å²) in [6, 6.07) is 35.9. The summed E-state index contributed by atoms with van der Waals surface area (Å²) in [6.07, 6.45) is 0. The van der Waals surface area contributed by atoms with Crippen LogP contribution in [0.2, 0.25) is 0 Å². The first-order valence-electron chi connectivity index (χ1n) is 11.1. The summed E-state index contributed by atoms with van der Waals surface area (Å²) >= 11 is 0. The molecule has 5 aromatic carbocycles. The molecular weight excluding hydrogens is 406 g/mol. The van der Waals surface area contributed by atoms with E-state index in [0.717, 1.165) is 49.6 Å². The average Bonchev–Trinajstić information content (AvgIpc) is 3.52. The predicted octanol–water partition coefficient (Wildman–Crippen LogP) is 8.58. The number of benzene rings is 5. The number of nitrogens with zero attached hydrogens (tertiary/aromatic N) is 1. The van der Waals surface area contributed by atoms with Gasteiger partial charge in [-0.3, -0.25) is 0 Å². The van der Waals surface area contributed by atoms with Gasteiger partial charge in [-0.05, 0) is 48.5 Å². The highest BCUT2D eigenvalue weighted by Gasteiger charge is 2.18. The number of furan rings is 2. The molecule has 0 saturated carbocycles. The van der Waals surface area contributed by atoms with Crippen LogP contribution in [0.5, 0.6) is 0 Å². The highest BCUT2D eigenvalue weighted by molar-refractivity contribution is 6.26. The summed E-state index contributed by atoms with van der Waals surface area (Å²) in [5.41, 5.74) is 7.05. The molecule has 0 spiro atoms. The minimum absolute atomic E-state index is 0.878. The maximum absolute atomic E-state index is 6.28. The van der Waals surface area contributed by atoms with Crippen molar-refractivity contribution in [2.75, 3.05) is 0 Å². The Balaban J connectivity index is 1.53.